The van der Waals surface area contributed by atoms with Crippen LogP contribution in [-0.2, 0) is 18.3 Å². The lowest BCUT2D eigenvalue weighted by Crippen LogP contribution is -2.49. The number of amides is 1. The van der Waals surface area contributed by atoms with E-state index >= 15 is 0 Å². The van der Waals surface area contributed by atoms with Crippen LogP contribution in [0.4, 0.5) is 0 Å². The van der Waals surface area contributed by atoms with Crippen LogP contribution in [0.3, 0.4) is 0 Å². The monoisotopic (exact) mass is 358 g/mol. The fourth-order valence-electron chi connectivity index (χ4n) is 3.59. The smallest absolute Gasteiger partial charge is 0.229 e. The number of piperazine rings is 1. The number of likely N-dealkylation sites (N-methyl/N-ethyl adjacent to an activating group) is 1. The molecular formula is C18H26N6O2. The second kappa shape index (κ2) is 6.50. The summed E-state index contributed by atoms with van der Waals surface area (Å²) in [5.41, 5.74) is 3.01. The van der Waals surface area contributed by atoms with Crippen molar-refractivity contribution < 1.29 is 9.32 Å². The Hall–Kier alpha value is -2.22. The van der Waals surface area contributed by atoms with Crippen LogP contribution in [0.5, 0.6) is 0 Å². The lowest BCUT2D eigenvalue weighted by Gasteiger charge is -2.38. The van der Waals surface area contributed by atoms with Gasteiger partial charge in [0.1, 0.15) is 0 Å². The summed E-state index contributed by atoms with van der Waals surface area (Å²) in [6.45, 7) is 6.08. The highest BCUT2D eigenvalue weighted by atomic mass is 16.5. The topological polar surface area (TPSA) is 80.3 Å². The Labute approximate surface area is 153 Å². The third-order valence-corrected chi connectivity index (χ3v) is 5.67. The minimum atomic E-state index is -0.0138. The highest BCUT2D eigenvalue weighted by Crippen LogP contribution is 2.39. The molecule has 8 nitrogen and oxygen atoms in total. The molecule has 1 saturated heterocycles. The number of carbonyl (C=O) groups excluding carboxylic acids is 1. The fraction of sp³-hybridized carbons (Fsp3) is 0.667. The summed E-state index contributed by atoms with van der Waals surface area (Å²) in [6, 6.07) is -0.0138. The molecule has 0 bridgehead atoms. The highest BCUT2D eigenvalue weighted by Gasteiger charge is 2.35. The van der Waals surface area contributed by atoms with E-state index in [1.54, 1.807) is 0 Å². The van der Waals surface area contributed by atoms with Crippen LogP contribution in [0.2, 0.25) is 0 Å². The van der Waals surface area contributed by atoms with Crippen LogP contribution < -0.4 is 0 Å². The molecule has 2 aromatic rings. The zero-order valence-corrected chi connectivity index (χ0v) is 15.9. The molecule has 0 aromatic carbocycles. The minimum absolute atomic E-state index is 0.0138. The first-order valence-electron chi connectivity index (χ1n) is 9.24. The Morgan fingerprint density at radius 2 is 2.00 bits per heavy atom. The zero-order valence-electron chi connectivity index (χ0n) is 15.9. The molecule has 0 spiro atoms. The normalized spacial score (nSPS) is 21.4. The highest BCUT2D eigenvalue weighted by molar-refractivity contribution is 5.79. The first-order chi connectivity index (χ1) is 12.4. The molecule has 4 rings (SSSR count). The van der Waals surface area contributed by atoms with Crippen molar-refractivity contribution in [2.75, 3.05) is 26.7 Å². The van der Waals surface area contributed by atoms with Gasteiger partial charge >= 0.3 is 0 Å². The van der Waals surface area contributed by atoms with E-state index in [4.69, 9.17) is 4.52 Å². The summed E-state index contributed by atoms with van der Waals surface area (Å²) >= 11 is 0. The number of rotatable bonds is 4. The Balaban J connectivity index is 1.47. The van der Waals surface area contributed by atoms with Crippen molar-refractivity contribution in [3.05, 3.63) is 28.7 Å². The Bertz CT molecular complexity index is 822. The van der Waals surface area contributed by atoms with E-state index in [-0.39, 0.29) is 11.9 Å². The van der Waals surface area contributed by atoms with E-state index in [2.05, 4.69) is 27.2 Å². The lowest BCUT2D eigenvalue weighted by molar-refractivity contribution is -0.133. The summed E-state index contributed by atoms with van der Waals surface area (Å²) in [5.74, 6) is 2.02. The molecule has 0 radical (unpaired) electrons. The average Bonchev–Trinajstić information content (AvgIpc) is 3.30. The van der Waals surface area contributed by atoms with Crippen LogP contribution in [0.15, 0.2) is 4.52 Å². The SMILES string of the molecule is Cc1nn(C)c(C)c1CC(=O)N1CCN(C)[C@H](c2noc(C3CC3)n2)C1. The quantitative estimate of drug-likeness (QED) is 0.821. The molecule has 1 aliphatic carbocycles. The van der Waals surface area contributed by atoms with Crippen molar-refractivity contribution in [3.8, 4) is 0 Å². The molecule has 0 N–H and O–H groups in total. The van der Waals surface area contributed by atoms with Gasteiger partial charge in [0.2, 0.25) is 11.8 Å². The van der Waals surface area contributed by atoms with Gasteiger partial charge in [-0.3, -0.25) is 14.4 Å². The van der Waals surface area contributed by atoms with Crippen LogP contribution in [-0.4, -0.2) is 62.3 Å². The molecule has 140 valence electrons. The minimum Gasteiger partial charge on any atom is -0.339 e. The molecular weight excluding hydrogens is 332 g/mol. The van der Waals surface area contributed by atoms with Gasteiger partial charge in [-0.25, -0.2) is 0 Å². The summed E-state index contributed by atoms with van der Waals surface area (Å²) in [4.78, 5) is 21.6. The summed E-state index contributed by atoms with van der Waals surface area (Å²) in [5, 5.41) is 8.60. The molecule has 1 saturated carbocycles. The van der Waals surface area contributed by atoms with Crippen LogP contribution in [0, 0.1) is 13.8 Å². The zero-order chi connectivity index (χ0) is 18.4. The molecule has 2 aromatic heterocycles. The van der Waals surface area contributed by atoms with Gasteiger partial charge < -0.3 is 9.42 Å². The van der Waals surface area contributed by atoms with E-state index in [0.29, 0.717) is 24.7 Å². The van der Waals surface area contributed by atoms with Crippen molar-refractivity contribution >= 4 is 5.91 Å². The number of nitrogens with zero attached hydrogens (tertiary/aromatic N) is 6. The van der Waals surface area contributed by atoms with Crippen molar-refractivity contribution in [1.82, 2.24) is 29.7 Å². The van der Waals surface area contributed by atoms with Crippen LogP contribution in [0.25, 0.3) is 0 Å². The van der Waals surface area contributed by atoms with Crippen LogP contribution in [0.1, 0.15) is 53.5 Å². The lowest BCUT2D eigenvalue weighted by atomic mass is 10.1. The maximum Gasteiger partial charge on any atom is 0.229 e. The number of hydrogen-bond donors (Lipinski definition) is 0. The molecule has 8 heteroatoms. The number of hydrogen-bond acceptors (Lipinski definition) is 6. The van der Waals surface area contributed by atoms with Crippen molar-refractivity contribution in [3.63, 3.8) is 0 Å². The van der Waals surface area contributed by atoms with E-state index < -0.39 is 0 Å². The molecule has 3 heterocycles. The number of aryl methyl sites for hydroxylation is 2. The van der Waals surface area contributed by atoms with E-state index in [1.165, 1.54) is 0 Å². The van der Waals surface area contributed by atoms with Gasteiger partial charge in [-0.15, -0.1) is 0 Å². The predicted molar refractivity (Wildman–Crippen MR) is 94.6 cm³/mol. The maximum atomic E-state index is 12.9. The second-order valence-corrected chi connectivity index (χ2v) is 7.55. The van der Waals surface area contributed by atoms with Gasteiger partial charge in [-0.1, -0.05) is 5.16 Å². The Morgan fingerprint density at radius 1 is 1.23 bits per heavy atom. The predicted octanol–water partition coefficient (Wildman–Crippen LogP) is 1.36. The first kappa shape index (κ1) is 17.2. The Morgan fingerprint density at radius 3 is 2.65 bits per heavy atom. The van der Waals surface area contributed by atoms with E-state index in [9.17, 15) is 4.79 Å². The molecule has 1 atom stereocenters. The van der Waals surface area contributed by atoms with E-state index in [1.807, 2.05) is 30.5 Å². The Kier molecular flexibility index (Phi) is 4.30. The molecule has 1 amide bonds. The van der Waals surface area contributed by atoms with Gasteiger partial charge in [-0.2, -0.15) is 10.1 Å². The third-order valence-electron chi connectivity index (χ3n) is 5.67. The van der Waals surface area contributed by atoms with Gasteiger partial charge in [0.25, 0.3) is 0 Å². The van der Waals surface area contributed by atoms with Crippen molar-refractivity contribution in [2.45, 2.75) is 45.1 Å². The molecule has 1 aliphatic heterocycles. The maximum absolute atomic E-state index is 12.9. The molecule has 2 aliphatic rings. The van der Waals surface area contributed by atoms with Crippen molar-refractivity contribution in [2.24, 2.45) is 7.05 Å². The molecule has 26 heavy (non-hydrogen) atoms. The fourth-order valence-corrected chi connectivity index (χ4v) is 3.59. The van der Waals surface area contributed by atoms with Crippen molar-refractivity contribution in [1.29, 1.82) is 0 Å². The van der Waals surface area contributed by atoms with Gasteiger partial charge in [-0.05, 0) is 33.7 Å². The van der Waals surface area contributed by atoms with Crippen LogP contribution >= 0.6 is 0 Å². The largest absolute Gasteiger partial charge is 0.339 e. The summed E-state index contributed by atoms with van der Waals surface area (Å²) < 4.78 is 7.25. The molecule has 0 unspecified atom stereocenters. The molecule has 2 fully saturated rings. The van der Waals surface area contributed by atoms with Gasteiger partial charge in [0.05, 0.1) is 18.2 Å². The standard InChI is InChI=1S/C18H26N6O2/c1-11-14(12(2)23(4)20-11)9-16(25)24-8-7-22(3)15(10-24)17-19-18(26-21-17)13-5-6-13/h13,15H,5-10H2,1-4H3/t15-/m0/s1. The summed E-state index contributed by atoms with van der Waals surface area (Å²) in [7, 11) is 3.96. The number of aromatic nitrogens is 4. The third kappa shape index (κ3) is 3.13. The van der Waals surface area contributed by atoms with Gasteiger partial charge in [0.15, 0.2) is 5.82 Å². The first-order valence-corrected chi connectivity index (χ1v) is 9.24. The second-order valence-electron chi connectivity index (χ2n) is 7.55. The van der Waals surface area contributed by atoms with Gasteiger partial charge in [0, 0.05) is 43.9 Å². The average molecular weight is 358 g/mol. The number of carbonyl (C=O) groups is 1. The summed E-state index contributed by atoms with van der Waals surface area (Å²) in [6.07, 6.45) is 2.66. The van der Waals surface area contributed by atoms with E-state index in [0.717, 1.165) is 48.8 Å².